The van der Waals surface area contributed by atoms with Crippen molar-refractivity contribution < 1.29 is 4.42 Å². The monoisotopic (exact) mass is 778 g/mol. The topological polar surface area (TPSA) is 21.3 Å². The highest BCUT2D eigenvalue weighted by molar-refractivity contribution is 6.23. The molecule has 286 valence electrons. The number of furan rings is 1. The third-order valence-electron chi connectivity index (χ3n) is 12.2. The van der Waals surface area contributed by atoms with Gasteiger partial charge in [-0.2, -0.15) is 0 Å². The van der Waals surface area contributed by atoms with Gasteiger partial charge in [0.25, 0.3) is 0 Å². The van der Waals surface area contributed by atoms with Gasteiger partial charge in [0.2, 0.25) is 0 Å². The minimum absolute atomic E-state index is 0.873. The Bertz CT molecular complexity index is 3570. The first-order chi connectivity index (χ1) is 30.3. The van der Waals surface area contributed by atoms with Gasteiger partial charge in [-0.3, -0.25) is 0 Å². The summed E-state index contributed by atoms with van der Waals surface area (Å²) in [4.78, 5) is 2.42. The van der Waals surface area contributed by atoms with Crippen molar-refractivity contribution in [2.45, 2.75) is 0 Å². The van der Waals surface area contributed by atoms with E-state index >= 15 is 0 Å². The number of fused-ring (bicyclic) bond motifs is 8. The molecule has 2 aromatic heterocycles. The van der Waals surface area contributed by atoms with Crippen molar-refractivity contribution in [3.8, 4) is 39.1 Å². The fourth-order valence-corrected chi connectivity index (χ4v) is 9.43. The van der Waals surface area contributed by atoms with Crippen LogP contribution in [0.15, 0.2) is 235 Å². The Balaban J connectivity index is 1.04. The fourth-order valence-electron chi connectivity index (χ4n) is 9.43. The summed E-state index contributed by atoms with van der Waals surface area (Å²) in [6.07, 6.45) is 0. The first-order valence-electron chi connectivity index (χ1n) is 20.8. The summed E-state index contributed by atoms with van der Waals surface area (Å²) >= 11 is 0. The molecule has 12 aromatic rings. The van der Waals surface area contributed by atoms with Crippen molar-refractivity contribution in [1.29, 1.82) is 0 Å². The Hall–Kier alpha value is -8.14. The molecule has 0 atom stereocenters. The maximum atomic E-state index is 6.90. The first-order valence-corrected chi connectivity index (χ1v) is 20.8. The van der Waals surface area contributed by atoms with Crippen LogP contribution in [-0.4, -0.2) is 4.57 Å². The molecule has 0 N–H and O–H groups in total. The molecule has 0 bridgehead atoms. The summed E-state index contributed by atoms with van der Waals surface area (Å²) in [7, 11) is 0. The number of rotatable bonds is 7. The van der Waals surface area contributed by atoms with E-state index in [0.29, 0.717) is 0 Å². The van der Waals surface area contributed by atoms with E-state index in [9.17, 15) is 0 Å². The molecule has 0 amide bonds. The Morgan fingerprint density at radius 2 is 0.934 bits per heavy atom. The average molecular weight is 779 g/mol. The van der Waals surface area contributed by atoms with Crippen LogP contribution in [0.1, 0.15) is 0 Å². The minimum Gasteiger partial charge on any atom is -0.455 e. The summed E-state index contributed by atoms with van der Waals surface area (Å²) in [5.74, 6) is 0. The molecule has 0 saturated heterocycles. The second-order valence-electron chi connectivity index (χ2n) is 15.6. The summed E-state index contributed by atoms with van der Waals surface area (Å²) < 4.78 is 9.26. The molecule has 0 unspecified atom stereocenters. The number of benzene rings is 10. The normalized spacial score (nSPS) is 11.6. The largest absolute Gasteiger partial charge is 0.455 e. The standard InChI is InChI=1S/C58H38N2O/c1-4-16-39(17-5-1)40-30-33-44(34-31-40)60(52-27-12-10-22-45(52)41-18-6-2-7-19-41)54-29-15-25-49-48(54)35-37-56-57(49)50-26-14-24-46(58(50)61-56)42-32-36-55-51(38-42)47-23-11-13-28-53(47)59(55)43-20-8-3-9-21-43/h1-38H. The number of anilines is 3. The van der Waals surface area contributed by atoms with Crippen LogP contribution in [0.3, 0.4) is 0 Å². The lowest BCUT2D eigenvalue weighted by atomic mass is 9.97. The maximum absolute atomic E-state index is 6.90. The Morgan fingerprint density at radius 3 is 1.75 bits per heavy atom. The third kappa shape index (κ3) is 5.74. The first kappa shape index (κ1) is 34.9. The highest BCUT2D eigenvalue weighted by Gasteiger charge is 2.22. The second kappa shape index (κ2) is 14.3. The molecule has 0 aliphatic rings. The highest BCUT2D eigenvalue weighted by atomic mass is 16.3. The second-order valence-corrected chi connectivity index (χ2v) is 15.6. The van der Waals surface area contributed by atoms with E-state index in [1.807, 2.05) is 0 Å². The van der Waals surface area contributed by atoms with Crippen LogP contribution in [0, 0.1) is 0 Å². The number of aromatic nitrogens is 1. The summed E-state index contributed by atoms with van der Waals surface area (Å²) in [6.45, 7) is 0. The van der Waals surface area contributed by atoms with Crippen LogP contribution < -0.4 is 4.90 Å². The zero-order chi connectivity index (χ0) is 40.3. The van der Waals surface area contributed by atoms with Crippen LogP contribution in [0.5, 0.6) is 0 Å². The molecule has 0 radical (unpaired) electrons. The summed E-state index contributed by atoms with van der Waals surface area (Å²) in [6, 6.07) is 82.7. The number of hydrogen-bond donors (Lipinski definition) is 0. The zero-order valence-corrected chi connectivity index (χ0v) is 33.2. The summed E-state index contributed by atoms with van der Waals surface area (Å²) in [5.41, 5.74) is 15.5. The third-order valence-corrected chi connectivity index (χ3v) is 12.2. The van der Waals surface area contributed by atoms with Crippen molar-refractivity contribution in [3.05, 3.63) is 231 Å². The number of hydrogen-bond acceptors (Lipinski definition) is 2. The molecule has 0 fully saturated rings. The van der Waals surface area contributed by atoms with Gasteiger partial charge in [0, 0.05) is 49.4 Å². The van der Waals surface area contributed by atoms with Gasteiger partial charge >= 0.3 is 0 Å². The van der Waals surface area contributed by atoms with E-state index in [-0.39, 0.29) is 0 Å². The van der Waals surface area contributed by atoms with E-state index in [1.54, 1.807) is 0 Å². The quantitative estimate of drug-likeness (QED) is 0.161. The number of para-hydroxylation sites is 4. The van der Waals surface area contributed by atoms with Gasteiger partial charge < -0.3 is 13.9 Å². The van der Waals surface area contributed by atoms with Gasteiger partial charge in [0.15, 0.2) is 0 Å². The van der Waals surface area contributed by atoms with Crippen LogP contribution in [0.2, 0.25) is 0 Å². The lowest BCUT2D eigenvalue weighted by Crippen LogP contribution is -2.11. The maximum Gasteiger partial charge on any atom is 0.143 e. The highest BCUT2D eigenvalue weighted by Crippen LogP contribution is 2.47. The van der Waals surface area contributed by atoms with Gasteiger partial charge in [-0.15, -0.1) is 0 Å². The van der Waals surface area contributed by atoms with Crippen LogP contribution in [-0.2, 0) is 0 Å². The SMILES string of the molecule is c1ccc(-c2ccc(N(c3ccccc3-c3ccccc3)c3cccc4c3ccc3oc5c(-c6ccc7c(c6)c6ccccc6n7-c6ccccc6)cccc5c34)cc2)cc1. The predicted octanol–water partition coefficient (Wildman–Crippen LogP) is 16.3. The van der Waals surface area contributed by atoms with E-state index < -0.39 is 0 Å². The lowest BCUT2D eigenvalue weighted by Gasteiger charge is -2.29. The molecule has 10 aromatic carbocycles. The zero-order valence-electron chi connectivity index (χ0n) is 33.2. The molecule has 3 nitrogen and oxygen atoms in total. The van der Waals surface area contributed by atoms with Crippen molar-refractivity contribution in [2.75, 3.05) is 4.90 Å². The van der Waals surface area contributed by atoms with Gasteiger partial charge in [-0.1, -0.05) is 164 Å². The smallest absolute Gasteiger partial charge is 0.143 e. The molecule has 3 heteroatoms. The molecule has 61 heavy (non-hydrogen) atoms. The molecule has 0 aliphatic heterocycles. The van der Waals surface area contributed by atoms with E-state index in [2.05, 4.69) is 240 Å². The molecular formula is C58H38N2O. The average Bonchev–Trinajstić information content (AvgIpc) is 3.89. The predicted molar refractivity (Wildman–Crippen MR) is 257 cm³/mol. The Morgan fingerprint density at radius 1 is 0.344 bits per heavy atom. The lowest BCUT2D eigenvalue weighted by molar-refractivity contribution is 0.670. The molecule has 0 spiro atoms. The summed E-state index contributed by atoms with van der Waals surface area (Å²) in [5, 5.41) is 6.96. The van der Waals surface area contributed by atoms with Crippen LogP contribution >= 0.6 is 0 Å². The van der Waals surface area contributed by atoms with E-state index in [0.717, 1.165) is 72.2 Å². The van der Waals surface area contributed by atoms with Crippen LogP contribution in [0.25, 0.3) is 93.6 Å². The Labute approximate surface area is 353 Å². The van der Waals surface area contributed by atoms with Crippen molar-refractivity contribution in [1.82, 2.24) is 4.57 Å². The van der Waals surface area contributed by atoms with Crippen molar-refractivity contribution in [2.24, 2.45) is 0 Å². The minimum atomic E-state index is 0.873. The molecule has 2 heterocycles. The van der Waals surface area contributed by atoms with Gasteiger partial charge in [-0.25, -0.2) is 0 Å². The molecule has 12 rings (SSSR count). The van der Waals surface area contributed by atoms with Crippen molar-refractivity contribution >= 4 is 71.6 Å². The van der Waals surface area contributed by atoms with Gasteiger partial charge in [0.05, 0.1) is 22.4 Å². The molecule has 0 aliphatic carbocycles. The van der Waals surface area contributed by atoms with E-state index in [1.165, 1.54) is 38.5 Å². The number of nitrogens with zero attached hydrogens (tertiary/aromatic N) is 2. The van der Waals surface area contributed by atoms with Crippen molar-refractivity contribution in [3.63, 3.8) is 0 Å². The Kier molecular flexibility index (Phi) is 8.17. The van der Waals surface area contributed by atoms with Gasteiger partial charge in [-0.05, 0) is 94.4 Å². The van der Waals surface area contributed by atoms with Crippen LogP contribution in [0.4, 0.5) is 17.1 Å². The fraction of sp³-hybridized carbons (Fsp3) is 0. The molecular weight excluding hydrogens is 741 g/mol. The van der Waals surface area contributed by atoms with E-state index in [4.69, 9.17) is 4.42 Å². The van der Waals surface area contributed by atoms with Gasteiger partial charge in [0.1, 0.15) is 11.2 Å². The molecule has 0 saturated carbocycles.